The van der Waals surface area contributed by atoms with Gasteiger partial charge in [0, 0.05) is 33.2 Å². The van der Waals surface area contributed by atoms with Gasteiger partial charge in [-0.3, -0.25) is 9.63 Å². The van der Waals surface area contributed by atoms with Crippen LogP contribution in [0.3, 0.4) is 0 Å². The fourth-order valence-corrected chi connectivity index (χ4v) is 7.40. The van der Waals surface area contributed by atoms with Crippen molar-refractivity contribution in [2.24, 2.45) is 22.7 Å². The molecule has 3 fully saturated rings. The summed E-state index contributed by atoms with van der Waals surface area (Å²) in [6.07, 6.45) is 6.88. The summed E-state index contributed by atoms with van der Waals surface area (Å²) in [7, 11) is 0. The van der Waals surface area contributed by atoms with Gasteiger partial charge in [-0.25, -0.2) is 0 Å². The van der Waals surface area contributed by atoms with Crippen LogP contribution in [0.4, 0.5) is 0 Å². The van der Waals surface area contributed by atoms with Gasteiger partial charge in [-0.2, -0.15) is 0 Å². The number of nitrogens with zero attached hydrogens (tertiary/aromatic N) is 1. The van der Waals surface area contributed by atoms with Crippen LogP contribution in [0.25, 0.3) is 0 Å². The normalized spacial score (nSPS) is 47.0. The molecular weight excluding hydrogens is 426 g/mol. The molecule has 3 saturated carbocycles. The molecule has 0 aromatic heterocycles. The molecule has 1 N–H and O–H groups in total. The predicted octanol–water partition coefficient (Wildman–Crippen LogP) is 3.94. The van der Waals surface area contributed by atoms with Crippen LogP contribution in [0.15, 0.2) is 11.6 Å². The molecule has 0 spiro atoms. The summed E-state index contributed by atoms with van der Waals surface area (Å²) in [6.45, 7) is 4.15. The number of hydrogen-bond donors (Lipinski definition) is 1. The highest BCUT2D eigenvalue weighted by molar-refractivity contribution is 9.12. The Kier molecular flexibility index (Phi) is 4.48. The van der Waals surface area contributed by atoms with E-state index < -0.39 is 27.1 Å². The van der Waals surface area contributed by atoms with Gasteiger partial charge in [-0.15, -0.1) is 10.1 Å². The first-order valence-corrected chi connectivity index (χ1v) is 10.8. The number of hydrogen-bond acceptors (Lipinski definition) is 5. The van der Waals surface area contributed by atoms with Gasteiger partial charge in [-0.1, -0.05) is 25.3 Å². The first-order chi connectivity index (χ1) is 13.1. The minimum atomic E-state index is -1.15. The lowest BCUT2D eigenvalue weighted by Crippen LogP contribution is -2.64. The average Bonchev–Trinajstić information content (AvgIpc) is 2.89. The van der Waals surface area contributed by atoms with Crippen LogP contribution in [0.1, 0.15) is 65.2 Å². The van der Waals surface area contributed by atoms with Crippen molar-refractivity contribution in [3.05, 3.63) is 21.8 Å². The maximum absolute atomic E-state index is 12.0. The predicted molar refractivity (Wildman–Crippen MR) is 106 cm³/mol. The highest BCUT2D eigenvalue weighted by atomic mass is 79.9. The third kappa shape index (κ3) is 2.40. The van der Waals surface area contributed by atoms with E-state index in [0.717, 1.165) is 24.8 Å². The van der Waals surface area contributed by atoms with Crippen molar-refractivity contribution in [2.45, 2.75) is 76.4 Å². The Bertz CT molecular complexity index is 830. The summed E-state index contributed by atoms with van der Waals surface area (Å²) in [5.41, 5.74) is -1.86. The van der Waals surface area contributed by atoms with Gasteiger partial charge in [0.05, 0.1) is 5.60 Å². The molecule has 0 unspecified atom stereocenters. The molecule has 4 aliphatic rings. The SMILES string of the molecule is C[C@]12CCC(=O)C=C1CC[C@H]1[C@@H]3CC[C@](C#CBr)(O[N+](=O)[O-])[C@@]3(C)CC[C@@]12O. The van der Waals surface area contributed by atoms with Crippen LogP contribution in [0.2, 0.25) is 0 Å². The third-order valence-electron chi connectivity index (χ3n) is 8.75. The highest BCUT2D eigenvalue weighted by Crippen LogP contribution is 2.69. The van der Waals surface area contributed by atoms with E-state index in [0.29, 0.717) is 32.1 Å². The van der Waals surface area contributed by atoms with Gasteiger partial charge >= 0.3 is 0 Å². The fourth-order valence-electron chi connectivity index (χ4n) is 7.08. The van der Waals surface area contributed by atoms with E-state index >= 15 is 0 Å². The second-order valence-corrected chi connectivity index (χ2v) is 9.86. The quantitative estimate of drug-likeness (QED) is 0.390. The molecule has 0 bridgehead atoms. The number of carbonyl (C=O) groups is 1. The van der Waals surface area contributed by atoms with Crippen LogP contribution in [-0.2, 0) is 9.63 Å². The Morgan fingerprint density at radius 3 is 2.64 bits per heavy atom. The monoisotopic (exact) mass is 451 g/mol. The second-order valence-electron chi connectivity index (χ2n) is 9.46. The van der Waals surface area contributed by atoms with E-state index in [1.807, 2.05) is 6.92 Å². The summed E-state index contributed by atoms with van der Waals surface area (Å²) < 4.78 is 0. The molecule has 28 heavy (non-hydrogen) atoms. The van der Waals surface area contributed by atoms with Gasteiger partial charge in [0.1, 0.15) is 0 Å². The fraction of sp³-hybridized carbons (Fsp3) is 0.762. The molecule has 0 radical (unpaired) electrons. The summed E-state index contributed by atoms with van der Waals surface area (Å²) in [6, 6.07) is 0. The largest absolute Gasteiger partial charge is 0.389 e. The molecule has 0 aromatic rings. The number of aliphatic hydroxyl groups is 1. The summed E-state index contributed by atoms with van der Waals surface area (Å²) in [5, 5.41) is 22.6. The molecule has 152 valence electrons. The number of halogens is 1. The zero-order valence-corrected chi connectivity index (χ0v) is 17.9. The first-order valence-electron chi connectivity index (χ1n) is 10.0. The summed E-state index contributed by atoms with van der Waals surface area (Å²) in [4.78, 5) is 31.2. The smallest absolute Gasteiger partial charge is 0.296 e. The molecule has 4 rings (SSSR count). The van der Waals surface area contributed by atoms with Gasteiger partial charge in [-0.05, 0) is 67.7 Å². The van der Waals surface area contributed by atoms with E-state index in [1.54, 1.807) is 6.08 Å². The van der Waals surface area contributed by atoms with Gasteiger partial charge in [0.25, 0.3) is 5.09 Å². The molecule has 6 nitrogen and oxygen atoms in total. The molecule has 0 aromatic carbocycles. The Morgan fingerprint density at radius 1 is 1.21 bits per heavy atom. The molecule has 0 saturated heterocycles. The molecule has 7 heteroatoms. The standard InChI is InChI=1S/C21H26BrNO5/c1-18-7-5-15(24)13-14(18)3-4-17-16-6-8-20(11-12-22,28-23(26)27)19(16,2)9-10-21(17,18)25/h13,16-17,25H,3-10H2,1-2H3/t16-,17-,18-,19-,20+,21+/m0/s1. The van der Waals surface area contributed by atoms with E-state index in [4.69, 9.17) is 4.84 Å². The maximum atomic E-state index is 12.0. The highest BCUT2D eigenvalue weighted by Gasteiger charge is 2.70. The average molecular weight is 452 g/mol. The Labute approximate surface area is 173 Å². The molecule has 0 amide bonds. The van der Waals surface area contributed by atoms with Crippen molar-refractivity contribution in [1.82, 2.24) is 0 Å². The molecular formula is C21H26BrNO5. The lowest BCUT2D eigenvalue weighted by Gasteiger charge is -2.63. The van der Waals surface area contributed by atoms with Crippen LogP contribution in [0.5, 0.6) is 0 Å². The zero-order chi connectivity index (χ0) is 20.4. The lowest BCUT2D eigenvalue weighted by atomic mass is 9.44. The topological polar surface area (TPSA) is 89.7 Å². The Hall–Kier alpha value is -1.39. The van der Waals surface area contributed by atoms with E-state index in [-0.39, 0.29) is 17.6 Å². The van der Waals surface area contributed by atoms with Crippen molar-refractivity contribution in [2.75, 3.05) is 0 Å². The van der Waals surface area contributed by atoms with Crippen LogP contribution >= 0.6 is 15.9 Å². The molecule has 0 aliphatic heterocycles. The minimum Gasteiger partial charge on any atom is -0.389 e. The van der Waals surface area contributed by atoms with Gasteiger partial charge in [0.15, 0.2) is 11.4 Å². The number of ketones is 1. The Balaban J connectivity index is 1.75. The number of fused-ring (bicyclic) bond motifs is 5. The third-order valence-corrected chi connectivity index (χ3v) is 8.95. The Morgan fingerprint density at radius 2 is 1.96 bits per heavy atom. The van der Waals surface area contributed by atoms with Crippen LogP contribution in [-0.4, -0.2) is 27.2 Å². The van der Waals surface area contributed by atoms with E-state index in [1.165, 1.54) is 0 Å². The first kappa shape index (κ1) is 19.9. The van der Waals surface area contributed by atoms with Crippen molar-refractivity contribution in [1.29, 1.82) is 0 Å². The summed E-state index contributed by atoms with van der Waals surface area (Å²) >= 11 is 3.11. The second kappa shape index (κ2) is 6.30. The molecule has 0 heterocycles. The van der Waals surface area contributed by atoms with E-state index in [9.17, 15) is 20.0 Å². The lowest BCUT2D eigenvalue weighted by molar-refractivity contribution is -0.781. The number of rotatable bonds is 2. The van der Waals surface area contributed by atoms with Gasteiger partial charge in [0.2, 0.25) is 0 Å². The van der Waals surface area contributed by atoms with Crippen molar-refractivity contribution in [3.8, 4) is 10.8 Å². The van der Waals surface area contributed by atoms with Crippen molar-refractivity contribution < 1.29 is 19.8 Å². The van der Waals surface area contributed by atoms with E-state index in [2.05, 4.69) is 33.6 Å². The molecule has 4 aliphatic carbocycles. The van der Waals surface area contributed by atoms with Crippen LogP contribution in [0, 0.1) is 43.5 Å². The van der Waals surface area contributed by atoms with Crippen molar-refractivity contribution >= 4 is 21.7 Å². The number of carbonyl (C=O) groups excluding carboxylic acids is 1. The summed E-state index contributed by atoms with van der Waals surface area (Å²) in [5.74, 6) is 3.25. The molecule has 6 atom stereocenters. The minimum absolute atomic E-state index is 0.0240. The van der Waals surface area contributed by atoms with Crippen molar-refractivity contribution in [3.63, 3.8) is 0 Å². The van der Waals surface area contributed by atoms with Crippen LogP contribution < -0.4 is 0 Å². The maximum Gasteiger partial charge on any atom is 0.296 e. The zero-order valence-electron chi connectivity index (χ0n) is 16.3. The van der Waals surface area contributed by atoms with Gasteiger partial charge < -0.3 is 5.11 Å².